The van der Waals surface area contributed by atoms with Crippen molar-refractivity contribution < 1.29 is 27.5 Å². The number of aromatic amines is 1. The van der Waals surface area contributed by atoms with Gasteiger partial charge in [0.25, 0.3) is 5.56 Å². The van der Waals surface area contributed by atoms with Gasteiger partial charge < -0.3 is 14.5 Å². The Morgan fingerprint density at radius 2 is 2.11 bits per heavy atom. The molecule has 3 aromatic rings. The number of carbonyl (C=O) groups is 2. The van der Waals surface area contributed by atoms with Crippen LogP contribution in [0.5, 0.6) is 0 Å². The molecule has 1 unspecified atom stereocenters. The third kappa shape index (κ3) is 5.28. The van der Waals surface area contributed by atoms with E-state index in [0.717, 1.165) is 6.08 Å². The molecular formula is C22H21ClN4O7S. The topological polar surface area (TPSA) is 150 Å². The summed E-state index contributed by atoms with van der Waals surface area (Å²) in [6.45, 7) is 1.38. The highest BCUT2D eigenvalue weighted by atomic mass is 35.5. The van der Waals surface area contributed by atoms with E-state index in [0.29, 0.717) is 17.7 Å². The van der Waals surface area contributed by atoms with E-state index in [1.807, 2.05) is 0 Å². The van der Waals surface area contributed by atoms with Gasteiger partial charge in [-0.2, -0.15) is 5.10 Å². The van der Waals surface area contributed by atoms with Gasteiger partial charge >= 0.3 is 11.9 Å². The molecule has 1 atom stereocenters. The Morgan fingerprint density at radius 1 is 1.34 bits per heavy atom. The molecule has 1 aliphatic rings. The number of aryl methyl sites for hydroxylation is 1. The molecule has 11 nitrogen and oxygen atoms in total. The van der Waals surface area contributed by atoms with Crippen LogP contribution in [0.1, 0.15) is 39.9 Å². The van der Waals surface area contributed by atoms with E-state index >= 15 is 0 Å². The van der Waals surface area contributed by atoms with E-state index in [4.69, 9.17) is 16.3 Å². The lowest BCUT2D eigenvalue weighted by Gasteiger charge is -2.09. The molecule has 184 valence electrons. The SMILES string of the molecule is COC(=O)c1ccc2c(=O)[nH]c(COC(=O)/C=C/c3c(C)nn(C4CCS(=O)(=O)C4)c3Cl)nc2c1. The lowest BCUT2D eigenvalue weighted by Crippen LogP contribution is -2.14. The zero-order valence-electron chi connectivity index (χ0n) is 18.8. The molecule has 1 aromatic carbocycles. The van der Waals surface area contributed by atoms with E-state index in [1.165, 1.54) is 36.1 Å². The lowest BCUT2D eigenvalue weighted by molar-refractivity contribution is -0.139. The summed E-state index contributed by atoms with van der Waals surface area (Å²) in [5.41, 5.74) is 1.04. The van der Waals surface area contributed by atoms with E-state index < -0.39 is 27.3 Å². The van der Waals surface area contributed by atoms with Crippen LogP contribution in [0.3, 0.4) is 0 Å². The zero-order valence-corrected chi connectivity index (χ0v) is 20.4. The Hall–Kier alpha value is -3.51. The first-order valence-corrected chi connectivity index (χ1v) is 12.7. The zero-order chi connectivity index (χ0) is 25.3. The maximum absolute atomic E-state index is 12.3. The molecule has 35 heavy (non-hydrogen) atoms. The smallest absolute Gasteiger partial charge is 0.337 e. The summed E-state index contributed by atoms with van der Waals surface area (Å²) in [5.74, 6) is -1.14. The van der Waals surface area contributed by atoms with Crippen LogP contribution in [0, 0.1) is 6.92 Å². The number of ether oxygens (including phenoxy) is 2. The molecule has 1 aliphatic heterocycles. The maximum atomic E-state index is 12.3. The molecular weight excluding hydrogens is 500 g/mol. The van der Waals surface area contributed by atoms with Gasteiger partial charge in [-0.15, -0.1) is 0 Å². The number of H-pyrrole nitrogens is 1. The monoisotopic (exact) mass is 520 g/mol. The molecule has 1 fully saturated rings. The van der Waals surface area contributed by atoms with Crippen molar-refractivity contribution in [3.8, 4) is 0 Å². The number of nitrogens with one attached hydrogen (secondary N) is 1. The van der Waals surface area contributed by atoms with Gasteiger partial charge in [0.2, 0.25) is 0 Å². The first kappa shape index (κ1) is 24.6. The summed E-state index contributed by atoms with van der Waals surface area (Å²) in [6, 6.07) is 3.98. The van der Waals surface area contributed by atoms with Crippen LogP contribution in [0.4, 0.5) is 0 Å². The standard InChI is InChI=1S/C22H21ClN4O7S/c1-12-15(20(23)27(26-12)14-7-8-35(31,32)11-14)5-6-19(28)34-10-18-24-17-9-13(22(30)33-2)3-4-16(17)21(29)25-18/h3-6,9,14H,7-8,10-11H2,1-2H3,(H,24,25,29)/b6-5+. The summed E-state index contributed by atoms with van der Waals surface area (Å²) in [6.07, 6.45) is 3.01. The predicted octanol–water partition coefficient (Wildman–Crippen LogP) is 1.98. The molecule has 13 heteroatoms. The van der Waals surface area contributed by atoms with Crippen molar-refractivity contribution in [3.63, 3.8) is 0 Å². The summed E-state index contributed by atoms with van der Waals surface area (Å²) in [7, 11) is -1.87. The second-order valence-corrected chi connectivity index (χ2v) is 10.6. The highest BCUT2D eigenvalue weighted by molar-refractivity contribution is 7.91. The average molecular weight is 521 g/mol. The van der Waals surface area contributed by atoms with Gasteiger partial charge in [0.05, 0.1) is 46.8 Å². The van der Waals surface area contributed by atoms with Crippen LogP contribution < -0.4 is 5.56 Å². The fourth-order valence-corrected chi connectivity index (χ4v) is 5.84. The first-order valence-electron chi connectivity index (χ1n) is 10.5. The largest absolute Gasteiger partial charge is 0.465 e. The van der Waals surface area contributed by atoms with Crippen LogP contribution in [0.15, 0.2) is 29.1 Å². The molecule has 0 radical (unpaired) electrons. The van der Waals surface area contributed by atoms with Crippen molar-refractivity contribution in [3.05, 3.63) is 62.4 Å². The van der Waals surface area contributed by atoms with Crippen molar-refractivity contribution in [2.24, 2.45) is 0 Å². The Kier molecular flexibility index (Phi) is 6.77. The number of halogens is 1. The van der Waals surface area contributed by atoms with Crippen molar-refractivity contribution in [2.45, 2.75) is 26.0 Å². The molecule has 1 N–H and O–H groups in total. The van der Waals surface area contributed by atoms with E-state index in [9.17, 15) is 22.8 Å². The molecule has 0 spiro atoms. The number of carbonyl (C=O) groups excluding carboxylic acids is 2. The van der Waals surface area contributed by atoms with Crippen LogP contribution >= 0.6 is 11.6 Å². The molecule has 0 aliphatic carbocycles. The van der Waals surface area contributed by atoms with Gasteiger partial charge in [-0.1, -0.05) is 11.6 Å². The highest BCUT2D eigenvalue weighted by Crippen LogP contribution is 2.30. The van der Waals surface area contributed by atoms with Gasteiger partial charge in [0.15, 0.2) is 9.84 Å². The molecule has 1 saturated heterocycles. The number of nitrogens with zero attached hydrogens (tertiary/aromatic N) is 3. The number of hydrogen-bond donors (Lipinski definition) is 1. The van der Waals surface area contributed by atoms with Gasteiger partial charge in [0.1, 0.15) is 17.6 Å². The highest BCUT2D eigenvalue weighted by Gasteiger charge is 2.31. The fourth-order valence-electron chi connectivity index (χ4n) is 3.77. The lowest BCUT2D eigenvalue weighted by atomic mass is 10.1. The molecule has 0 amide bonds. The fraction of sp³-hybridized carbons (Fsp3) is 0.318. The third-order valence-electron chi connectivity index (χ3n) is 5.54. The number of methoxy groups -OCH3 is 1. The van der Waals surface area contributed by atoms with E-state index in [2.05, 4.69) is 19.8 Å². The minimum atomic E-state index is -3.11. The van der Waals surface area contributed by atoms with Crippen LogP contribution in [-0.4, -0.2) is 58.7 Å². The van der Waals surface area contributed by atoms with Crippen LogP contribution in [0.2, 0.25) is 5.15 Å². The molecule has 2 aromatic heterocycles. The Bertz CT molecular complexity index is 1520. The summed E-state index contributed by atoms with van der Waals surface area (Å²) < 4.78 is 34.8. The summed E-state index contributed by atoms with van der Waals surface area (Å²) in [5, 5.41) is 4.83. The van der Waals surface area contributed by atoms with Gasteiger partial charge in [-0.25, -0.2) is 27.7 Å². The molecule has 3 heterocycles. The number of hydrogen-bond acceptors (Lipinski definition) is 9. The number of benzene rings is 1. The van der Waals surface area contributed by atoms with Crippen molar-refractivity contribution in [1.82, 2.24) is 19.7 Å². The maximum Gasteiger partial charge on any atom is 0.337 e. The number of fused-ring (bicyclic) bond motifs is 1. The third-order valence-corrected chi connectivity index (χ3v) is 7.67. The van der Waals surface area contributed by atoms with Crippen molar-refractivity contribution >= 4 is 50.4 Å². The van der Waals surface area contributed by atoms with Gasteiger partial charge in [-0.05, 0) is 37.6 Å². The number of rotatable bonds is 6. The molecule has 0 saturated carbocycles. The Labute approximate surface area is 204 Å². The van der Waals surface area contributed by atoms with Crippen LogP contribution in [0.25, 0.3) is 17.0 Å². The predicted molar refractivity (Wildman–Crippen MR) is 127 cm³/mol. The first-order chi connectivity index (χ1) is 16.6. The normalized spacial score (nSPS) is 17.2. The minimum absolute atomic E-state index is 0.0306. The second-order valence-electron chi connectivity index (χ2n) is 7.97. The van der Waals surface area contributed by atoms with Crippen LogP contribution in [-0.2, 0) is 30.7 Å². The van der Waals surface area contributed by atoms with E-state index in [-0.39, 0.29) is 51.6 Å². The quantitative estimate of drug-likeness (QED) is 0.380. The Balaban J connectivity index is 1.46. The van der Waals surface area contributed by atoms with Gasteiger partial charge in [0, 0.05) is 11.6 Å². The van der Waals surface area contributed by atoms with Crippen molar-refractivity contribution in [1.29, 1.82) is 0 Å². The Morgan fingerprint density at radius 3 is 2.80 bits per heavy atom. The number of sulfone groups is 1. The molecule has 4 rings (SSSR count). The summed E-state index contributed by atoms with van der Waals surface area (Å²) >= 11 is 6.40. The van der Waals surface area contributed by atoms with E-state index in [1.54, 1.807) is 6.92 Å². The van der Waals surface area contributed by atoms with Crippen molar-refractivity contribution in [2.75, 3.05) is 18.6 Å². The number of esters is 2. The average Bonchev–Trinajstić information content (AvgIpc) is 3.32. The van der Waals surface area contributed by atoms with Gasteiger partial charge in [-0.3, -0.25) is 4.79 Å². The second kappa shape index (κ2) is 9.62. The number of aromatic nitrogens is 4. The summed E-state index contributed by atoms with van der Waals surface area (Å²) in [4.78, 5) is 43.1. The minimum Gasteiger partial charge on any atom is -0.465 e. The molecule has 0 bridgehead atoms.